The summed E-state index contributed by atoms with van der Waals surface area (Å²) < 4.78 is 10.8. The summed E-state index contributed by atoms with van der Waals surface area (Å²) in [6.45, 7) is 25.5. The number of carbonyl (C=O) groups is 2. The molecule has 1 rings (SSSR count). The zero-order valence-electron chi connectivity index (χ0n) is 26.1. The standard InChI is InChI=1S/C26H41N3O4.C5H12/c1-17(2)23(28-24(30)33-26(6,7)8)15-14-18(3)19(4)22(20(5)27)16-32-25(31)29(9)21-12-10-11-13-21;1-5(2,3)4/h14-15,21H,1,10-13,16,27H2,2-9H3;1-4H3/b15-14-,19-18-,22-20-,28-23+;. The van der Waals surface area contributed by atoms with Gasteiger partial charge >= 0.3 is 12.2 Å². The fraction of sp³-hybridized carbons (Fsp3) is 0.645. The number of ether oxygens (including phenoxy) is 2. The van der Waals surface area contributed by atoms with Gasteiger partial charge in [0, 0.05) is 24.4 Å². The highest BCUT2D eigenvalue weighted by Gasteiger charge is 2.24. The van der Waals surface area contributed by atoms with E-state index in [4.69, 9.17) is 15.2 Å². The van der Waals surface area contributed by atoms with E-state index in [1.165, 1.54) is 0 Å². The van der Waals surface area contributed by atoms with Crippen LogP contribution in [0.3, 0.4) is 0 Å². The van der Waals surface area contributed by atoms with E-state index in [1.54, 1.807) is 52.6 Å². The van der Waals surface area contributed by atoms with Crippen molar-refractivity contribution in [2.75, 3.05) is 13.7 Å². The average molecular weight is 532 g/mol. The van der Waals surface area contributed by atoms with E-state index in [9.17, 15) is 9.59 Å². The summed E-state index contributed by atoms with van der Waals surface area (Å²) in [6, 6.07) is 0.245. The van der Waals surface area contributed by atoms with Crippen LogP contribution in [0, 0.1) is 5.41 Å². The van der Waals surface area contributed by atoms with E-state index < -0.39 is 11.7 Å². The molecule has 0 aromatic heterocycles. The number of aliphatic imine (C=N–C) groups is 1. The summed E-state index contributed by atoms with van der Waals surface area (Å²) in [5.74, 6) is 0. The third kappa shape index (κ3) is 15.4. The fourth-order valence-electron chi connectivity index (χ4n) is 3.42. The number of rotatable bonds is 7. The molecular weight excluding hydrogens is 478 g/mol. The molecule has 0 aliphatic heterocycles. The first-order valence-corrected chi connectivity index (χ1v) is 13.4. The van der Waals surface area contributed by atoms with Gasteiger partial charge in [-0.2, -0.15) is 4.99 Å². The van der Waals surface area contributed by atoms with Gasteiger partial charge in [0.2, 0.25) is 0 Å². The Morgan fingerprint density at radius 1 is 1.00 bits per heavy atom. The predicted octanol–water partition coefficient (Wildman–Crippen LogP) is 8.13. The molecule has 1 aliphatic carbocycles. The van der Waals surface area contributed by atoms with Crippen molar-refractivity contribution >= 4 is 17.9 Å². The van der Waals surface area contributed by atoms with Crippen LogP contribution in [0.25, 0.3) is 0 Å². The van der Waals surface area contributed by atoms with Gasteiger partial charge in [-0.15, -0.1) is 0 Å². The lowest BCUT2D eigenvalue weighted by Gasteiger charge is -2.24. The molecule has 0 saturated heterocycles. The Morgan fingerprint density at radius 3 is 1.92 bits per heavy atom. The van der Waals surface area contributed by atoms with E-state index in [1.807, 2.05) is 19.9 Å². The highest BCUT2D eigenvalue weighted by Crippen LogP contribution is 2.24. The van der Waals surface area contributed by atoms with Gasteiger partial charge in [-0.05, 0) is 89.5 Å². The maximum Gasteiger partial charge on any atom is 0.434 e. The van der Waals surface area contributed by atoms with Crippen molar-refractivity contribution in [2.45, 2.75) is 113 Å². The van der Waals surface area contributed by atoms with Gasteiger partial charge in [0.15, 0.2) is 0 Å². The molecule has 7 heteroatoms. The maximum absolute atomic E-state index is 12.5. The third-order valence-corrected chi connectivity index (χ3v) is 5.55. The number of carbonyl (C=O) groups excluding carboxylic acids is 2. The first kappa shape index (κ1) is 35.2. The minimum atomic E-state index is -0.666. The van der Waals surface area contributed by atoms with E-state index in [0.717, 1.165) is 42.4 Å². The van der Waals surface area contributed by atoms with Crippen LogP contribution in [-0.4, -0.2) is 48.1 Å². The zero-order valence-corrected chi connectivity index (χ0v) is 26.1. The number of hydrogen-bond donors (Lipinski definition) is 1. The predicted molar refractivity (Wildman–Crippen MR) is 159 cm³/mol. The van der Waals surface area contributed by atoms with E-state index in [0.29, 0.717) is 22.4 Å². The molecule has 216 valence electrons. The van der Waals surface area contributed by atoms with Crippen molar-refractivity contribution < 1.29 is 19.1 Å². The molecular formula is C31H53N3O4. The third-order valence-electron chi connectivity index (χ3n) is 5.55. The van der Waals surface area contributed by atoms with E-state index >= 15 is 0 Å². The second kappa shape index (κ2) is 15.6. The number of hydrogen-bond acceptors (Lipinski definition) is 5. The lowest BCUT2D eigenvalue weighted by atomic mass is 10.0. The van der Waals surface area contributed by atoms with Gasteiger partial charge < -0.3 is 20.1 Å². The van der Waals surface area contributed by atoms with Crippen molar-refractivity contribution in [3.05, 3.63) is 46.7 Å². The highest BCUT2D eigenvalue weighted by atomic mass is 16.6. The van der Waals surface area contributed by atoms with Crippen LogP contribution in [0.1, 0.15) is 102 Å². The average Bonchev–Trinajstić information content (AvgIpc) is 3.27. The summed E-state index contributed by atoms with van der Waals surface area (Å²) in [6.07, 6.45) is 6.87. The highest BCUT2D eigenvalue weighted by molar-refractivity contribution is 6.11. The number of nitrogens with zero attached hydrogens (tertiary/aromatic N) is 2. The van der Waals surface area contributed by atoms with Crippen LogP contribution in [0.2, 0.25) is 0 Å². The van der Waals surface area contributed by atoms with Crippen molar-refractivity contribution in [3.63, 3.8) is 0 Å². The van der Waals surface area contributed by atoms with Crippen LogP contribution in [0.15, 0.2) is 51.7 Å². The molecule has 7 nitrogen and oxygen atoms in total. The Labute approximate surface area is 231 Å². The van der Waals surface area contributed by atoms with Gasteiger partial charge in [-0.25, -0.2) is 9.59 Å². The minimum absolute atomic E-state index is 0.0918. The summed E-state index contributed by atoms with van der Waals surface area (Å²) in [5, 5.41) is 0. The number of amides is 2. The van der Waals surface area contributed by atoms with Crippen molar-refractivity contribution in [1.29, 1.82) is 0 Å². The van der Waals surface area contributed by atoms with Crippen molar-refractivity contribution in [1.82, 2.24) is 4.90 Å². The van der Waals surface area contributed by atoms with Gasteiger partial charge in [0.1, 0.15) is 12.2 Å². The Bertz CT molecular complexity index is 941. The topological polar surface area (TPSA) is 94.2 Å². The molecule has 0 aromatic rings. The van der Waals surface area contributed by atoms with Crippen LogP contribution in [0.4, 0.5) is 9.59 Å². The first-order chi connectivity index (χ1) is 17.2. The van der Waals surface area contributed by atoms with Crippen LogP contribution < -0.4 is 5.73 Å². The lowest BCUT2D eigenvalue weighted by Crippen LogP contribution is -2.36. The molecule has 0 spiro atoms. The number of nitrogens with two attached hydrogens (primary N) is 1. The molecule has 0 unspecified atom stereocenters. The Hall–Kier alpha value is -2.83. The molecule has 1 aliphatic rings. The summed E-state index contributed by atoms with van der Waals surface area (Å²) in [4.78, 5) is 30.3. The van der Waals surface area contributed by atoms with E-state index in [2.05, 4.69) is 39.3 Å². The Morgan fingerprint density at radius 2 is 1.50 bits per heavy atom. The second-order valence-electron chi connectivity index (χ2n) is 12.7. The second-order valence-corrected chi connectivity index (χ2v) is 12.7. The monoisotopic (exact) mass is 531 g/mol. The molecule has 0 bridgehead atoms. The van der Waals surface area contributed by atoms with Gasteiger partial charge in [0.05, 0.1) is 5.71 Å². The lowest BCUT2D eigenvalue weighted by molar-refractivity contribution is 0.0604. The minimum Gasteiger partial charge on any atom is -0.444 e. The molecule has 2 N–H and O–H groups in total. The van der Waals surface area contributed by atoms with Crippen LogP contribution >= 0.6 is 0 Å². The van der Waals surface area contributed by atoms with Crippen molar-refractivity contribution in [2.24, 2.45) is 16.1 Å². The first-order valence-electron chi connectivity index (χ1n) is 13.4. The van der Waals surface area contributed by atoms with Crippen LogP contribution in [-0.2, 0) is 9.47 Å². The van der Waals surface area contributed by atoms with Gasteiger partial charge in [-0.1, -0.05) is 53.2 Å². The van der Waals surface area contributed by atoms with Gasteiger partial charge in [-0.3, -0.25) is 0 Å². The molecule has 1 saturated carbocycles. The summed E-state index contributed by atoms with van der Waals surface area (Å²) in [7, 11) is 1.79. The molecule has 0 heterocycles. The molecule has 1 fully saturated rings. The Balaban J connectivity index is 0.00000249. The van der Waals surface area contributed by atoms with E-state index in [-0.39, 0.29) is 18.7 Å². The summed E-state index contributed by atoms with van der Waals surface area (Å²) in [5.41, 5.74) is 10.2. The molecule has 0 atom stereocenters. The largest absolute Gasteiger partial charge is 0.444 e. The smallest absolute Gasteiger partial charge is 0.434 e. The van der Waals surface area contributed by atoms with Gasteiger partial charge in [0.25, 0.3) is 0 Å². The maximum atomic E-state index is 12.5. The Kier molecular flexibility index (Phi) is 14.4. The molecule has 0 radical (unpaired) electrons. The normalized spacial score (nSPS) is 16.3. The molecule has 0 aromatic carbocycles. The van der Waals surface area contributed by atoms with Crippen molar-refractivity contribution in [3.8, 4) is 0 Å². The fourth-order valence-corrected chi connectivity index (χ4v) is 3.42. The van der Waals surface area contributed by atoms with Crippen LogP contribution in [0.5, 0.6) is 0 Å². The zero-order chi connectivity index (χ0) is 29.8. The molecule has 38 heavy (non-hydrogen) atoms. The molecule has 2 amide bonds. The SMILES string of the molecule is C=C(C)C(/C=C\C(C)=C(C)/C(COC(=O)N(C)C1CCCC1)=C(/C)N)=N/C(=O)OC(C)(C)C.CC(C)(C)C. The quantitative estimate of drug-likeness (QED) is 0.264. The summed E-state index contributed by atoms with van der Waals surface area (Å²) >= 11 is 0. The number of allylic oxidation sites excluding steroid dienone is 5.